The number of benzene rings is 1. The molecule has 0 radical (unpaired) electrons. The number of carbonyl (C=O) groups is 2. The molecule has 0 aromatic heterocycles. The van der Waals surface area contributed by atoms with Crippen LogP contribution < -0.4 is 15.4 Å². The van der Waals surface area contributed by atoms with E-state index < -0.39 is 6.04 Å². The molecule has 0 saturated heterocycles. The first-order chi connectivity index (χ1) is 12.9. The highest BCUT2D eigenvalue weighted by Gasteiger charge is 2.34. The molecule has 0 spiro atoms. The summed E-state index contributed by atoms with van der Waals surface area (Å²) in [4.78, 5) is 25.0. The van der Waals surface area contributed by atoms with Crippen LogP contribution in [-0.4, -0.2) is 25.2 Å². The molecule has 6 nitrogen and oxygen atoms in total. The SMILES string of the molecule is COc1ccc([C@H]2NC(=O)NC(C)=C2C(=O)O[C@H]2CC[C@@H](C)[C@@H](C)C2)cc1. The number of urea groups is 1. The molecule has 4 atom stereocenters. The van der Waals surface area contributed by atoms with Gasteiger partial charge in [0, 0.05) is 5.70 Å². The minimum absolute atomic E-state index is 0.0712. The second-order valence-corrected chi connectivity index (χ2v) is 7.64. The summed E-state index contributed by atoms with van der Waals surface area (Å²) in [5.41, 5.74) is 1.79. The Hall–Kier alpha value is -2.50. The highest BCUT2D eigenvalue weighted by Crippen LogP contribution is 2.33. The summed E-state index contributed by atoms with van der Waals surface area (Å²) in [6.07, 6.45) is 2.76. The van der Waals surface area contributed by atoms with Crippen LogP contribution in [0.1, 0.15) is 51.6 Å². The predicted octanol–water partition coefficient (Wildman–Crippen LogP) is 3.69. The van der Waals surface area contributed by atoms with Crippen LogP contribution in [0.15, 0.2) is 35.5 Å². The molecule has 146 valence electrons. The molecule has 1 aliphatic carbocycles. The highest BCUT2D eigenvalue weighted by atomic mass is 16.5. The van der Waals surface area contributed by atoms with Gasteiger partial charge in [-0.15, -0.1) is 0 Å². The molecule has 1 aromatic rings. The van der Waals surface area contributed by atoms with Gasteiger partial charge >= 0.3 is 12.0 Å². The summed E-state index contributed by atoms with van der Waals surface area (Å²) in [5.74, 6) is 1.54. The van der Waals surface area contributed by atoms with Gasteiger partial charge in [-0.05, 0) is 55.7 Å². The Morgan fingerprint density at radius 2 is 1.81 bits per heavy atom. The molecule has 2 N–H and O–H groups in total. The fraction of sp³-hybridized carbons (Fsp3) is 0.524. The first kappa shape index (κ1) is 19.3. The summed E-state index contributed by atoms with van der Waals surface area (Å²) >= 11 is 0. The van der Waals surface area contributed by atoms with Crippen molar-refractivity contribution < 1.29 is 19.1 Å². The minimum atomic E-state index is -0.544. The molecule has 27 heavy (non-hydrogen) atoms. The first-order valence-corrected chi connectivity index (χ1v) is 9.52. The third kappa shape index (κ3) is 4.26. The van der Waals surface area contributed by atoms with Crippen LogP contribution in [0.4, 0.5) is 4.79 Å². The van der Waals surface area contributed by atoms with Crippen LogP contribution in [-0.2, 0) is 9.53 Å². The van der Waals surface area contributed by atoms with Gasteiger partial charge in [-0.1, -0.05) is 26.0 Å². The Labute approximate surface area is 160 Å². The van der Waals surface area contributed by atoms with Crippen molar-refractivity contribution in [3.05, 3.63) is 41.1 Å². The fourth-order valence-electron chi connectivity index (χ4n) is 3.83. The number of ether oxygens (including phenoxy) is 2. The summed E-state index contributed by atoms with van der Waals surface area (Å²) in [6, 6.07) is 6.44. The van der Waals surface area contributed by atoms with Crippen molar-refractivity contribution in [1.29, 1.82) is 0 Å². The molecule has 1 fully saturated rings. The lowest BCUT2D eigenvalue weighted by Crippen LogP contribution is -2.45. The number of hydrogen-bond acceptors (Lipinski definition) is 4. The van der Waals surface area contributed by atoms with Crippen LogP contribution in [0.25, 0.3) is 0 Å². The number of esters is 1. The van der Waals surface area contributed by atoms with Gasteiger partial charge < -0.3 is 20.1 Å². The third-order valence-electron chi connectivity index (χ3n) is 5.76. The van der Waals surface area contributed by atoms with Crippen molar-refractivity contribution in [2.24, 2.45) is 11.8 Å². The molecule has 1 aliphatic heterocycles. The van der Waals surface area contributed by atoms with E-state index in [4.69, 9.17) is 9.47 Å². The fourth-order valence-corrected chi connectivity index (χ4v) is 3.83. The van der Waals surface area contributed by atoms with Crippen LogP contribution in [0, 0.1) is 11.8 Å². The van der Waals surface area contributed by atoms with Gasteiger partial charge in [0.05, 0.1) is 18.7 Å². The summed E-state index contributed by atoms with van der Waals surface area (Å²) in [5, 5.41) is 5.52. The Balaban J connectivity index is 1.81. The molecular formula is C21H28N2O4. The van der Waals surface area contributed by atoms with Gasteiger partial charge in [0.1, 0.15) is 11.9 Å². The van der Waals surface area contributed by atoms with E-state index in [1.165, 1.54) is 0 Å². The molecule has 1 heterocycles. The maximum Gasteiger partial charge on any atom is 0.338 e. The van der Waals surface area contributed by atoms with Crippen molar-refractivity contribution >= 4 is 12.0 Å². The van der Waals surface area contributed by atoms with Gasteiger partial charge in [0.25, 0.3) is 0 Å². The third-order valence-corrected chi connectivity index (χ3v) is 5.76. The molecule has 2 amide bonds. The maximum atomic E-state index is 13.0. The van der Waals surface area contributed by atoms with E-state index in [9.17, 15) is 9.59 Å². The summed E-state index contributed by atoms with van der Waals surface area (Å²) in [7, 11) is 1.60. The van der Waals surface area contributed by atoms with E-state index in [-0.39, 0.29) is 18.1 Å². The lowest BCUT2D eigenvalue weighted by atomic mass is 9.80. The summed E-state index contributed by atoms with van der Waals surface area (Å²) < 4.78 is 11.0. The standard InChI is InChI=1S/C21H28N2O4/c1-12-5-8-17(11-13(12)2)27-20(24)18-14(3)22-21(25)23-19(18)15-6-9-16(26-4)10-7-15/h6-7,9-10,12-13,17,19H,5,8,11H2,1-4H3,(H2,22,23,25)/t12-,13+,17+,19-/m1/s1. The monoisotopic (exact) mass is 372 g/mol. The van der Waals surface area contributed by atoms with E-state index in [0.29, 0.717) is 28.9 Å². The lowest BCUT2D eigenvalue weighted by molar-refractivity contribution is -0.147. The maximum absolute atomic E-state index is 13.0. The number of nitrogens with one attached hydrogen (secondary N) is 2. The van der Waals surface area contributed by atoms with Crippen molar-refractivity contribution in [1.82, 2.24) is 10.6 Å². The normalized spacial score (nSPS) is 28.2. The zero-order valence-corrected chi connectivity index (χ0v) is 16.4. The van der Waals surface area contributed by atoms with E-state index in [1.807, 2.05) is 24.3 Å². The topological polar surface area (TPSA) is 76.7 Å². The number of allylic oxidation sites excluding steroid dienone is 1. The van der Waals surface area contributed by atoms with Crippen LogP contribution >= 0.6 is 0 Å². The highest BCUT2D eigenvalue weighted by molar-refractivity contribution is 5.95. The van der Waals surface area contributed by atoms with Gasteiger partial charge in [0.2, 0.25) is 0 Å². The molecule has 1 saturated carbocycles. The molecule has 6 heteroatoms. The smallest absolute Gasteiger partial charge is 0.338 e. The van der Waals surface area contributed by atoms with Crippen LogP contribution in [0.5, 0.6) is 5.75 Å². The number of hydrogen-bond donors (Lipinski definition) is 2. The quantitative estimate of drug-likeness (QED) is 0.790. The molecule has 0 unspecified atom stereocenters. The Bertz CT molecular complexity index is 741. The van der Waals surface area contributed by atoms with Crippen LogP contribution in [0.2, 0.25) is 0 Å². The summed E-state index contributed by atoms with van der Waals surface area (Å²) in [6.45, 7) is 6.19. The van der Waals surface area contributed by atoms with Crippen molar-refractivity contribution in [2.45, 2.75) is 52.2 Å². The van der Waals surface area contributed by atoms with E-state index in [0.717, 1.165) is 24.8 Å². The second-order valence-electron chi connectivity index (χ2n) is 7.64. The number of rotatable bonds is 4. The van der Waals surface area contributed by atoms with E-state index >= 15 is 0 Å². The Kier molecular flexibility index (Phi) is 5.73. The average Bonchev–Trinajstić information content (AvgIpc) is 2.64. The van der Waals surface area contributed by atoms with Gasteiger partial charge in [-0.3, -0.25) is 0 Å². The molecule has 0 bridgehead atoms. The molecule has 1 aromatic carbocycles. The van der Waals surface area contributed by atoms with E-state index in [1.54, 1.807) is 14.0 Å². The number of carbonyl (C=O) groups excluding carboxylic acids is 2. The first-order valence-electron chi connectivity index (χ1n) is 9.52. The number of amides is 2. The van der Waals surface area contributed by atoms with E-state index in [2.05, 4.69) is 24.5 Å². The van der Waals surface area contributed by atoms with Crippen molar-refractivity contribution in [2.75, 3.05) is 7.11 Å². The minimum Gasteiger partial charge on any atom is -0.497 e. The van der Waals surface area contributed by atoms with Crippen molar-refractivity contribution in [3.63, 3.8) is 0 Å². The van der Waals surface area contributed by atoms with Gasteiger partial charge in [-0.2, -0.15) is 0 Å². The van der Waals surface area contributed by atoms with Gasteiger partial charge in [0.15, 0.2) is 0 Å². The zero-order valence-electron chi connectivity index (χ0n) is 16.4. The second kappa shape index (κ2) is 8.03. The Morgan fingerprint density at radius 3 is 2.44 bits per heavy atom. The zero-order chi connectivity index (χ0) is 19.6. The Morgan fingerprint density at radius 1 is 1.11 bits per heavy atom. The van der Waals surface area contributed by atoms with Crippen molar-refractivity contribution in [3.8, 4) is 5.75 Å². The molecule has 3 rings (SSSR count). The largest absolute Gasteiger partial charge is 0.497 e. The molecular weight excluding hydrogens is 344 g/mol. The van der Waals surface area contributed by atoms with Gasteiger partial charge in [-0.25, -0.2) is 9.59 Å². The molecule has 2 aliphatic rings. The van der Waals surface area contributed by atoms with Crippen LogP contribution in [0.3, 0.4) is 0 Å². The number of methoxy groups -OCH3 is 1. The predicted molar refractivity (Wildman–Crippen MR) is 102 cm³/mol. The lowest BCUT2D eigenvalue weighted by Gasteiger charge is -2.33. The average molecular weight is 372 g/mol.